The minimum Gasteiger partial charge on any atom is -0.383 e. The summed E-state index contributed by atoms with van der Waals surface area (Å²) in [6, 6.07) is 7.37. The molecule has 0 aliphatic carbocycles. The smallest absolute Gasteiger partial charge is 0.230 e. The van der Waals surface area contributed by atoms with Crippen LogP contribution in [0.3, 0.4) is 0 Å². The quantitative estimate of drug-likeness (QED) is 0.386. The van der Waals surface area contributed by atoms with Gasteiger partial charge in [-0.2, -0.15) is 5.10 Å². The molecular weight excluding hydrogens is 362 g/mol. The van der Waals surface area contributed by atoms with Crippen molar-refractivity contribution in [3.63, 3.8) is 0 Å². The van der Waals surface area contributed by atoms with Crippen molar-refractivity contribution < 1.29 is 9.53 Å². The molecule has 0 bridgehead atoms. The third kappa shape index (κ3) is 4.28. The van der Waals surface area contributed by atoms with E-state index in [2.05, 4.69) is 20.4 Å². The number of benzene rings is 1. The minimum atomic E-state index is -0.0731. The van der Waals surface area contributed by atoms with Crippen LogP contribution in [-0.2, 0) is 9.53 Å². The summed E-state index contributed by atoms with van der Waals surface area (Å²) in [5.74, 6) is 0.189. The third-order valence-corrected chi connectivity index (χ3v) is 4.59. The Hall–Kier alpha value is -2.16. The summed E-state index contributed by atoms with van der Waals surface area (Å²) in [5.41, 5.74) is 1.48. The van der Waals surface area contributed by atoms with Gasteiger partial charge < -0.3 is 10.1 Å². The van der Waals surface area contributed by atoms with Crippen molar-refractivity contribution >= 4 is 40.3 Å². The lowest BCUT2D eigenvalue weighted by molar-refractivity contribution is -0.118. The number of fused-ring (bicyclic) bond motifs is 1. The van der Waals surface area contributed by atoms with Crippen molar-refractivity contribution in [3.8, 4) is 5.69 Å². The molecule has 1 N–H and O–H groups in total. The molecule has 9 heteroatoms. The fraction of sp³-hybridized carbons (Fsp3) is 0.250. The number of thioether (sulfide) groups is 1. The monoisotopic (exact) mass is 377 g/mol. The van der Waals surface area contributed by atoms with Gasteiger partial charge in [-0.3, -0.25) is 4.79 Å². The van der Waals surface area contributed by atoms with Crippen molar-refractivity contribution in [1.82, 2.24) is 25.1 Å². The van der Waals surface area contributed by atoms with Crippen molar-refractivity contribution in [2.24, 2.45) is 0 Å². The summed E-state index contributed by atoms with van der Waals surface area (Å²) in [4.78, 5) is 20.4. The Labute approximate surface area is 153 Å². The largest absolute Gasteiger partial charge is 0.383 e. The molecule has 0 aliphatic heterocycles. The zero-order chi connectivity index (χ0) is 17.6. The molecule has 7 nitrogen and oxygen atoms in total. The number of hydrogen-bond acceptors (Lipinski definition) is 6. The maximum absolute atomic E-state index is 11.8. The number of ether oxygens (including phenoxy) is 1. The fourth-order valence-electron chi connectivity index (χ4n) is 2.21. The van der Waals surface area contributed by atoms with E-state index in [1.54, 1.807) is 24.1 Å². The molecule has 2 heterocycles. The molecule has 0 spiro atoms. The standard InChI is InChI=1S/C16H16ClN5O2S/c1-24-6-5-18-14(23)9-25-16-13-8-21-22(15(13)19-10-20-16)12-4-2-3-11(17)7-12/h2-4,7-8,10H,5-6,9H2,1H3,(H,18,23). The molecule has 0 fully saturated rings. The second kappa shape index (κ2) is 8.28. The predicted molar refractivity (Wildman–Crippen MR) is 97.3 cm³/mol. The van der Waals surface area contributed by atoms with Crippen molar-refractivity contribution in [2.45, 2.75) is 5.03 Å². The molecule has 0 aliphatic rings. The molecular formula is C16H16ClN5O2S. The van der Waals surface area contributed by atoms with E-state index in [0.29, 0.717) is 28.8 Å². The molecule has 0 radical (unpaired) electrons. The molecule has 3 rings (SSSR count). The average Bonchev–Trinajstić information content (AvgIpc) is 3.05. The van der Waals surface area contributed by atoms with Gasteiger partial charge in [0.2, 0.25) is 5.91 Å². The van der Waals surface area contributed by atoms with Crippen LogP contribution >= 0.6 is 23.4 Å². The summed E-state index contributed by atoms with van der Waals surface area (Å²) in [6.07, 6.45) is 3.16. The first kappa shape index (κ1) is 17.7. The lowest BCUT2D eigenvalue weighted by atomic mass is 10.3. The molecule has 25 heavy (non-hydrogen) atoms. The van der Waals surface area contributed by atoms with E-state index in [1.807, 2.05) is 18.2 Å². The zero-order valence-electron chi connectivity index (χ0n) is 13.5. The predicted octanol–water partition coefficient (Wildman–Crippen LogP) is 2.32. The van der Waals surface area contributed by atoms with E-state index in [0.717, 1.165) is 11.1 Å². The summed E-state index contributed by atoms with van der Waals surface area (Å²) in [7, 11) is 1.59. The summed E-state index contributed by atoms with van der Waals surface area (Å²) >= 11 is 7.39. The molecule has 3 aromatic rings. The summed E-state index contributed by atoms with van der Waals surface area (Å²) in [6.45, 7) is 0.975. The minimum absolute atomic E-state index is 0.0731. The zero-order valence-corrected chi connectivity index (χ0v) is 15.0. The third-order valence-electron chi connectivity index (χ3n) is 3.35. The van der Waals surface area contributed by atoms with Gasteiger partial charge in [-0.25, -0.2) is 14.6 Å². The highest BCUT2D eigenvalue weighted by Gasteiger charge is 2.13. The summed E-state index contributed by atoms with van der Waals surface area (Å²) in [5, 5.41) is 9.28. The van der Waals surface area contributed by atoms with Crippen LogP contribution in [0.2, 0.25) is 5.02 Å². The number of halogens is 1. The Kier molecular flexibility index (Phi) is 5.85. The lowest BCUT2D eigenvalue weighted by Gasteiger charge is -2.05. The molecule has 130 valence electrons. The average molecular weight is 378 g/mol. The molecule has 1 amide bonds. The highest BCUT2D eigenvalue weighted by atomic mass is 35.5. The van der Waals surface area contributed by atoms with Gasteiger partial charge in [0, 0.05) is 18.7 Å². The van der Waals surface area contributed by atoms with Crippen LogP contribution in [0, 0.1) is 0 Å². The lowest BCUT2D eigenvalue weighted by Crippen LogP contribution is -2.28. The SMILES string of the molecule is COCCNC(=O)CSc1ncnc2c1cnn2-c1cccc(Cl)c1. The first-order valence-electron chi connectivity index (χ1n) is 7.52. The van der Waals surface area contributed by atoms with Crippen molar-refractivity contribution in [2.75, 3.05) is 26.0 Å². The van der Waals surface area contributed by atoms with Gasteiger partial charge in [-0.05, 0) is 18.2 Å². The van der Waals surface area contributed by atoms with Crippen LogP contribution in [0.15, 0.2) is 41.8 Å². The topological polar surface area (TPSA) is 81.9 Å². The number of nitrogens with one attached hydrogen (secondary N) is 1. The van der Waals surface area contributed by atoms with E-state index in [1.165, 1.54) is 18.1 Å². The Morgan fingerprint density at radius 1 is 1.40 bits per heavy atom. The highest BCUT2D eigenvalue weighted by Crippen LogP contribution is 2.26. The Bertz CT molecular complexity index is 886. The molecule has 0 atom stereocenters. The fourth-order valence-corrected chi connectivity index (χ4v) is 3.19. The van der Waals surface area contributed by atoms with E-state index >= 15 is 0 Å². The second-order valence-electron chi connectivity index (χ2n) is 5.08. The van der Waals surface area contributed by atoms with E-state index in [4.69, 9.17) is 16.3 Å². The Balaban J connectivity index is 1.78. The van der Waals surface area contributed by atoms with E-state index in [-0.39, 0.29) is 11.7 Å². The number of rotatable bonds is 7. The number of methoxy groups -OCH3 is 1. The first-order chi connectivity index (χ1) is 12.2. The van der Waals surface area contributed by atoms with Gasteiger partial charge in [-0.1, -0.05) is 29.4 Å². The Morgan fingerprint density at radius 2 is 2.28 bits per heavy atom. The van der Waals surface area contributed by atoms with E-state index < -0.39 is 0 Å². The van der Waals surface area contributed by atoms with Crippen LogP contribution in [0.25, 0.3) is 16.7 Å². The van der Waals surface area contributed by atoms with Gasteiger partial charge in [0.15, 0.2) is 5.65 Å². The molecule has 2 aromatic heterocycles. The number of nitrogens with zero attached hydrogens (tertiary/aromatic N) is 4. The number of carbonyl (C=O) groups excluding carboxylic acids is 1. The highest BCUT2D eigenvalue weighted by molar-refractivity contribution is 8.00. The number of hydrogen-bond donors (Lipinski definition) is 1. The first-order valence-corrected chi connectivity index (χ1v) is 8.88. The summed E-state index contributed by atoms with van der Waals surface area (Å²) < 4.78 is 6.60. The van der Waals surface area contributed by atoms with E-state index in [9.17, 15) is 4.79 Å². The number of amides is 1. The number of carbonyl (C=O) groups is 1. The molecule has 0 saturated carbocycles. The van der Waals surface area contributed by atoms with Gasteiger partial charge in [0.25, 0.3) is 0 Å². The van der Waals surface area contributed by atoms with Crippen LogP contribution < -0.4 is 5.32 Å². The maximum atomic E-state index is 11.8. The Morgan fingerprint density at radius 3 is 3.08 bits per heavy atom. The second-order valence-corrected chi connectivity index (χ2v) is 6.48. The van der Waals surface area contributed by atoms with Crippen LogP contribution in [-0.4, -0.2) is 51.7 Å². The van der Waals surface area contributed by atoms with Crippen LogP contribution in [0.1, 0.15) is 0 Å². The van der Waals surface area contributed by atoms with Crippen molar-refractivity contribution in [3.05, 3.63) is 41.8 Å². The maximum Gasteiger partial charge on any atom is 0.230 e. The van der Waals surface area contributed by atoms with Crippen LogP contribution in [0.4, 0.5) is 0 Å². The normalized spacial score (nSPS) is 11.0. The van der Waals surface area contributed by atoms with Gasteiger partial charge in [0.1, 0.15) is 11.4 Å². The van der Waals surface area contributed by atoms with Gasteiger partial charge in [0.05, 0.1) is 29.6 Å². The van der Waals surface area contributed by atoms with Gasteiger partial charge >= 0.3 is 0 Å². The van der Waals surface area contributed by atoms with Crippen LogP contribution in [0.5, 0.6) is 0 Å². The van der Waals surface area contributed by atoms with Gasteiger partial charge in [-0.15, -0.1) is 0 Å². The molecule has 0 saturated heterocycles. The molecule has 0 unspecified atom stereocenters. The number of aromatic nitrogens is 4. The van der Waals surface area contributed by atoms with Crippen molar-refractivity contribution in [1.29, 1.82) is 0 Å². The molecule has 1 aromatic carbocycles.